The number of aromatic nitrogens is 4. The van der Waals surface area contributed by atoms with E-state index in [1.165, 1.54) is 4.31 Å². The summed E-state index contributed by atoms with van der Waals surface area (Å²) in [5, 5.41) is 8.20. The Morgan fingerprint density at radius 2 is 2.03 bits per heavy atom. The van der Waals surface area contributed by atoms with Gasteiger partial charge in [-0.05, 0) is 25.0 Å². The molecule has 9 heteroatoms. The van der Waals surface area contributed by atoms with Crippen LogP contribution in [0.3, 0.4) is 0 Å². The second-order valence-corrected chi connectivity index (χ2v) is 9.73. The molecule has 0 radical (unpaired) electrons. The first kappa shape index (κ1) is 18.7. The molecule has 152 valence electrons. The standard InChI is InChI=1S/C20H23N5O3S/c1-28-12-15-10-25(11-16(15)20-22-19(23-24-20)14-7-8-14)29(26,27)17-6-2-4-13-5-3-9-21-18(13)17/h2-6,9,14-16H,7-8,10-12H2,1H3,(H,22,23,24)/t15-,16+/m0/s1. The largest absolute Gasteiger partial charge is 0.384 e. The predicted octanol–water partition coefficient (Wildman–Crippen LogP) is 2.28. The number of para-hydroxylation sites is 1. The number of hydrogen-bond acceptors (Lipinski definition) is 6. The average Bonchev–Trinajstić information content (AvgIpc) is 3.30. The Morgan fingerprint density at radius 3 is 2.83 bits per heavy atom. The summed E-state index contributed by atoms with van der Waals surface area (Å²) in [4.78, 5) is 9.23. The van der Waals surface area contributed by atoms with Crippen LogP contribution in [0.15, 0.2) is 41.4 Å². The Morgan fingerprint density at radius 1 is 1.21 bits per heavy atom. The van der Waals surface area contributed by atoms with E-state index >= 15 is 0 Å². The van der Waals surface area contributed by atoms with Gasteiger partial charge in [0.25, 0.3) is 0 Å². The molecule has 0 bridgehead atoms. The first-order chi connectivity index (χ1) is 14.1. The Balaban J connectivity index is 1.48. The zero-order valence-electron chi connectivity index (χ0n) is 16.2. The average molecular weight is 414 g/mol. The van der Waals surface area contributed by atoms with Crippen molar-refractivity contribution in [3.05, 3.63) is 48.2 Å². The summed E-state index contributed by atoms with van der Waals surface area (Å²) in [5.41, 5.74) is 0.498. The van der Waals surface area contributed by atoms with Gasteiger partial charge < -0.3 is 4.74 Å². The zero-order chi connectivity index (χ0) is 20.0. The van der Waals surface area contributed by atoms with Crippen LogP contribution in [0.4, 0.5) is 0 Å². The van der Waals surface area contributed by atoms with Crippen LogP contribution in [-0.4, -0.2) is 59.7 Å². The van der Waals surface area contributed by atoms with Gasteiger partial charge in [-0.25, -0.2) is 13.4 Å². The van der Waals surface area contributed by atoms with Crippen molar-refractivity contribution in [2.75, 3.05) is 26.8 Å². The van der Waals surface area contributed by atoms with Crippen molar-refractivity contribution < 1.29 is 13.2 Å². The number of benzene rings is 1. The number of methoxy groups -OCH3 is 1. The molecule has 5 rings (SSSR count). The van der Waals surface area contributed by atoms with Crippen molar-refractivity contribution in [3.63, 3.8) is 0 Å². The molecule has 1 aliphatic heterocycles. The first-order valence-corrected chi connectivity index (χ1v) is 11.3. The highest BCUT2D eigenvalue weighted by Gasteiger charge is 2.42. The second-order valence-electron chi connectivity index (χ2n) is 7.83. The van der Waals surface area contributed by atoms with Crippen LogP contribution in [-0.2, 0) is 14.8 Å². The first-order valence-electron chi connectivity index (χ1n) is 9.83. The van der Waals surface area contributed by atoms with Crippen molar-refractivity contribution in [2.24, 2.45) is 5.92 Å². The van der Waals surface area contributed by atoms with Gasteiger partial charge in [0.2, 0.25) is 10.0 Å². The molecule has 8 nitrogen and oxygen atoms in total. The minimum absolute atomic E-state index is 0.0118. The molecule has 0 unspecified atom stereocenters. The molecular weight excluding hydrogens is 390 g/mol. The molecule has 1 saturated carbocycles. The van der Waals surface area contributed by atoms with Crippen LogP contribution in [0.25, 0.3) is 10.9 Å². The summed E-state index contributed by atoms with van der Waals surface area (Å²) in [6.07, 6.45) is 3.87. The van der Waals surface area contributed by atoms with Gasteiger partial charge >= 0.3 is 0 Å². The Labute approximate surface area is 169 Å². The fourth-order valence-corrected chi connectivity index (χ4v) is 5.81. The van der Waals surface area contributed by atoms with E-state index in [1.54, 1.807) is 31.5 Å². The summed E-state index contributed by atoms with van der Waals surface area (Å²) in [6.45, 7) is 1.19. The number of hydrogen-bond donors (Lipinski definition) is 1. The van der Waals surface area contributed by atoms with Gasteiger partial charge in [-0.3, -0.25) is 10.1 Å². The number of fused-ring (bicyclic) bond motifs is 1. The Hall–Kier alpha value is -2.36. The van der Waals surface area contributed by atoms with Crippen LogP contribution >= 0.6 is 0 Å². The monoisotopic (exact) mass is 413 g/mol. The number of H-pyrrole nitrogens is 1. The zero-order valence-corrected chi connectivity index (χ0v) is 17.0. The predicted molar refractivity (Wildman–Crippen MR) is 107 cm³/mol. The third-order valence-electron chi connectivity index (χ3n) is 5.82. The fraction of sp³-hybridized carbons (Fsp3) is 0.450. The van der Waals surface area contributed by atoms with E-state index in [1.807, 2.05) is 12.1 Å². The smallest absolute Gasteiger partial charge is 0.245 e. The van der Waals surface area contributed by atoms with E-state index < -0.39 is 10.0 Å². The van der Waals surface area contributed by atoms with Crippen molar-refractivity contribution in [1.29, 1.82) is 0 Å². The molecule has 3 heterocycles. The van der Waals surface area contributed by atoms with Crippen molar-refractivity contribution in [1.82, 2.24) is 24.5 Å². The Bertz CT molecular complexity index is 1140. The number of nitrogens with one attached hydrogen (secondary N) is 1. The number of aromatic amines is 1. The lowest BCUT2D eigenvalue weighted by molar-refractivity contribution is 0.150. The van der Waals surface area contributed by atoms with Crippen molar-refractivity contribution in [2.45, 2.75) is 29.6 Å². The maximum absolute atomic E-state index is 13.5. The summed E-state index contributed by atoms with van der Waals surface area (Å²) in [6, 6.07) is 8.94. The number of rotatable bonds is 6. The molecule has 1 aromatic carbocycles. The van der Waals surface area contributed by atoms with Gasteiger partial charge in [-0.1, -0.05) is 18.2 Å². The van der Waals surface area contributed by atoms with Gasteiger partial charge in [0.05, 0.1) is 12.1 Å². The van der Waals surface area contributed by atoms with E-state index in [2.05, 4.69) is 20.2 Å². The quantitative estimate of drug-likeness (QED) is 0.665. The van der Waals surface area contributed by atoms with E-state index in [9.17, 15) is 8.42 Å². The van der Waals surface area contributed by atoms with E-state index in [0.717, 1.165) is 29.9 Å². The van der Waals surface area contributed by atoms with Crippen LogP contribution in [0.1, 0.15) is 36.3 Å². The van der Waals surface area contributed by atoms with Crippen LogP contribution in [0.2, 0.25) is 0 Å². The third-order valence-corrected chi connectivity index (χ3v) is 7.68. The molecule has 0 amide bonds. The van der Waals surface area contributed by atoms with Gasteiger partial charge in [-0.15, -0.1) is 0 Å². The number of sulfonamides is 1. The third kappa shape index (κ3) is 3.33. The summed E-state index contributed by atoms with van der Waals surface area (Å²) >= 11 is 0. The molecule has 2 fully saturated rings. The number of nitrogens with zero attached hydrogens (tertiary/aromatic N) is 4. The fourth-order valence-electron chi connectivity index (χ4n) is 4.12. The molecule has 2 aromatic heterocycles. The van der Waals surface area contributed by atoms with Gasteiger partial charge in [0, 0.05) is 49.5 Å². The normalized spacial score (nSPS) is 23.1. The highest BCUT2D eigenvalue weighted by atomic mass is 32.2. The van der Waals surface area contributed by atoms with Gasteiger partial charge in [-0.2, -0.15) is 9.40 Å². The molecule has 0 spiro atoms. The molecule has 1 aliphatic carbocycles. The molecule has 3 aromatic rings. The van der Waals surface area contributed by atoms with Crippen LogP contribution < -0.4 is 0 Å². The maximum Gasteiger partial charge on any atom is 0.245 e. The lowest BCUT2D eigenvalue weighted by atomic mass is 9.96. The van der Waals surface area contributed by atoms with Gasteiger partial charge in [0.1, 0.15) is 10.7 Å². The topological polar surface area (TPSA) is 101 Å². The minimum Gasteiger partial charge on any atom is -0.384 e. The molecule has 1 saturated heterocycles. The summed E-state index contributed by atoms with van der Waals surface area (Å²) in [5.74, 6) is 1.98. The summed E-state index contributed by atoms with van der Waals surface area (Å²) < 4.78 is 33.9. The highest BCUT2D eigenvalue weighted by molar-refractivity contribution is 7.89. The molecular formula is C20H23N5O3S. The molecule has 2 aliphatic rings. The molecule has 1 N–H and O–H groups in total. The highest BCUT2D eigenvalue weighted by Crippen LogP contribution is 2.40. The number of ether oxygens (including phenoxy) is 1. The maximum atomic E-state index is 13.5. The lowest BCUT2D eigenvalue weighted by Gasteiger charge is -2.17. The summed E-state index contributed by atoms with van der Waals surface area (Å²) in [7, 11) is -2.06. The Kier molecular flexibility index (Phi) is 4.60. The molecule has 2 atom stereocenters. The van der Waals surface area contributed by atoms with E-state index in [4.69, 9.17) is 4.74 Å². The molecule has 29 heavy (non-hydrogen) atoms. The second kappa shape index (κ2) is 7.16. The van der Waals surface area contributed by atoms with Crippen LogP contribution in [0, 0.1) is 5.92 Å². The van der Waals surface area contributed by atoms with E-state index in [-0.39, 0.29) is 16.7 Å². The lowest BCUT2D eigenvalue weighted by Crippen LogP contribution is -2.29. The van der Waals surface area contributed by atoms with E-state index in [0.29, 0.717) is 31.1 Å². The SMILES string of the molecule is COC[C@@H]1CN(S(=O)(=O)c2cccc3cccnc23)C[C@H]1c1nc(C2CC2)n[nH]1. The van der Waals surface area contributed by atoms with Gasteiger partial charge in [0.15, 0.2) is 5.82 Å². The van der Waals surface area contributed by atoms with Crippen molar-refractivity contribution >= 4 is 20.9 Å². The van der Waals surface area contributed by atoms with Crippen LogP contribution in [0.5, 0.6) is 0 Å². The minimum atomic E-state index is -3.70. The number of pyridine rings is 1. The van der Waals surface area contributed by atoms with Crippen molar-refractivity contribution in [3.8, 4) is 0 Å².